The van der Waals surface area contributed by atoms with E-state index in [0.717, 1.165) is 6.20 Å². The standard InChI is InChI=1S/C11H14FN5/c1-7(2)17-9(4-5-15-17)10-8(12)6-14-11(13-3)16-10/h4-7H,1-3H3,(H,13,14,16). The zero-order valence-corrected chi connectivity index (χ0v) is 9.98. The molecule has 0 unspecified atom stereocenters. The van der Waals surface area contributed by atoms with Gasteiger partial charge in [0.2, 0.25) is 5.95 Å². The summed E-state index contributed by atoms with van der Waals surface area (Å²) in [5.41, 5.74) is 0.909. The highest BCUT2D eigenvalue weighted by molar-refractivity contribution is 5.56. The fraction of sp³-hybridized carbons (Fsp3) is 0.364. The van der Waals surface area contributed by atoms with Gasteiger partial charge in [-0.2, -0.15) is 5.10 Å². The molecule has 2 heterocycles. The lowest BCUT2D eigenvalue weighted by molar-refractivity contribution is 0.533. The van der Waals surface area contributed by atoms with Gasteiger partial charge in [0.25, 0.3) is 0 Å². The molecule has 2 rings (SSSR count). The van der Waals surface area contributed by atoms with Crippen molar-refractivity contribution in [2.75, 3.05) is 12.4 Å². The van der Waals surface area contributed by atoms with E-state index in [2.05, 4.69) is 20.4 Å². The van der Waals surface area contributed by atoms with Gasteiger partial charge >= 0.3 is 0 Å². The van der Waals surface area contributed by atoms with Gasteiger partial charge < -0.3 is 5.32 Å². The first-order chi connectivity index (χ1) is 8.13. The Balaban J connectivity index is 2.55. The van der Waals surface area contributed by atoms with E-state index < -0.39 is 5.82 Å². The number of nitrogens with zero attached hydrogens (tertiary/aromatic N) is 4. The topological polar surface area (TPSA) is 55.6 Å². The van der Waals surface area contributed by atoms with Crippen LogP contribution in [0.1, 0.15) is 19.9 Å². The molecule has 0 saturated carbocycles. The van der Waals surface area contributed by atoms with Crippen LogP contribution in [-0.2, 0) is 0 Å². The molecule has 0 atom stereocenters. The molecule has 0 bridgehead atoms. The Kier molecular flexibility index (Phi) is 3.03. The van der Waals surface area contributed by atoms with Crippen molar-refractivity contribution < 1.29 is 4.39 Å². The molecule has 0 saturated heterocycles. The van der Waals surface area contributed by atoms with E-state index in [0.29, 0.717) is 11.6 Å². The van der Waals surface area contributed by atoms with Crippen LogP contribution in [0.3, 0.4) is 0 Å². The molecule has 5 nitrogen and oxygen atoms in total. The van der Waals surface area contributed by atoms with Gasteiger partial charge in [-0.05, 0) is 19.9 Å². The molecule has 2 aromatic rings. The quantitative estimate of drug-likeness (QED) is 0.885. The third-order valence-electron chi connectivity index (χ3n) is 2.37. The van der Waals surface area contributed by atoms with Crippen LogP contribution < -0.4 is 5.32 Å². The predicted octanol–water partition coefficient (Wildman–Crippen LogP) is 2.10. The van der Waals surface area contributed by atoms with Crippen molar-refractivity contribution in [3.63, 3.8) is 0 Å². The van der Waals surface area contributed by atoms with Gasteiger partial charge in [-0.15, -0.1) is 0 Å². The summed E-state index contributed by atoms with van der Waals surface area (Å²) in [7, 11) is 1.69. The summed E-state index contributed by atoms with van der Waals surface area (Å²) in [6.07, 6.45) is 2.79. The van der Waals surface area contributed by atoms with E-state index in [4.69, 9.17) is 0 Å². The molecule has 0 aliphatic carbocycles. The zero-order valence-electron chi connectivity index (χ0n) is 9.98. The maximum Gasteiger partial charge on any atom is 0.223 e. The zero-order chi connectivity index (χ0) is 12.4. The second-order valence-electron chi connectivity index (χ2n) is 3.89. The van der Waals surface area contributed by atoms with Gasteiger partial charge in [-0.25, -0.2) is 14.4 Å². The van der Waals surface area contributed by atoms with E-state index in [1.165, 1.54) is 0 Å². The Morgan fingerprint density at radius 2 is 2.18 bits per heavy atom. The van der Waals surface area contributed by atoms with Crippen molar-refractivity contribution in [3.05, 3.63) is 24.3 Å². The maximum absolute atomic E-state index is 13.7. The van der Waals surface area contributed by atoms with Crippen molar-refractivity contribution in [3.8, 4) is 11.4 Å². The Morgan fingerprint density at radius 3 is 2.82 bits per heavy atom. The molecular weight excluding hydrogens is 221 g/mol. The lowest BCUT2D eigenvalue weighted by Gasteiger charge is -2.11. The minimum Gasteiger partial charge on any atom is -0.357 e. The predicted molar refractivity (Wildman–Crippen MR) is 63.1 cm³/mol. The number of nitrogens with one attached hydrogen (secondary N) is 1. The number of hydrogen-bond donors (Lipinski definition) is 1. The fourth-order valence-electron chi connectivity index (χ4n) is 1.58. The third-order valence-corrected chi connectivity index (χ3v) is 2.37. The highest BCUT2D eigenvalue weighted by atomic mass is 19.1. The number of anilines is 1. The fourth-order valence-corrected chi connectivity index (χ4v) is 1.58. The second kappa shape index (κ2) is 4.48. The number of aromatic nitrogens is 4. The molecule has 17 heavy (non-hydrogen) atoms. The van der Waals surface area contributed by atoms with E-state index in [1.807, 2.05) is 13.8 Å². The molecule has 6 heteroatoms. The van der Waals surface area contributed by atoms with Gasteiger partial charge in [-0.1, -0.05) is 0 Å². The molecule has 0 aliphatic rings. The lowest BCUT2D eigenvalue weighted by Crippen LogP contribution is -2.07. The van der Waals surface area contributed by atoms with E-state index in [-0.39, 0.29) is 11.7 Å². The lowest BCUT2D eigenvalue weighted by atomic mass is 10.2. The van der Waals surface area contributed by atoms with Crippen LogP contribution in [0.15, 0.2) is 18.5 Å². The van der Waals surface area contributed by atoms with Crippen LogP contribution in [-0.4, -0.2) is 26.8 Å². The smallest absolute Gasteiger partial charge is 0.223 e. The first-order valence-electron chi connectivity index (χ1n) is 5.37. The average molecular weight is 235 g/mol. The summed E-state index contributed by atoms with van der Waals surface area (Å²) in [6, 6.07) is 1.89. The van der Waals surface area contributed by atoms with Crippen LogP contribution in [0.4, 0.5) is 10.3 Å². The van der Waals surface area contributed by atoms with Crippen molar-refractivity contribution >= 4 is 5.95 Å². The van der Waals surface area contributed by atoms with Crippen LogP contribution in [0.5, 0.6) is 0 Å². The van der Waals surface area contributed by atoms with Crippen molar-refractivity contribution in [2.45, 2.75) is 19.9 Å². The van der Waals surface area contributed by atoms with Gasteiger partial charge in [0.15, 0.2) is 5.82 Å². The summed E-state index contributed by atoms with van der Waals surface area (Å²) in [4.78, 5) is 7.93. The second-order valence-corrected chi connectivity index (χ2v) is 3.89. The number of hydrogen-bond acceptors (Lipinski definition) is 4. The molecular formula is C11H14FN5. The molecule has 0 amide bonds. The number of halogens is 1. The van der Waals surface area contributed by atoms with Crippen molar-refractivity contribution in [2.24, 2.45) is 0 Å². The molecule has 2 aromatic heterocycles. The van der Waals surface area contributed by atoms with Gasteiger partial charge in [0.05, 0.1) is 11.9 Å². The molecule has 0 aromatic carbocycles. The third kappa shape index (κ3) is 2.11. The Hall–Kier alpha value is -1.98. The minimum absolute atomic E-state index is 0.146. The highest BCUT2D eigenvalue weighted by Gasteiger charge is 2.15. The first kappa shape index (κ1) is 11.5. The highest BCUT2D eigenvalue weighted by Crippen LogP contribution is 2.23. The van der Waals surface area contributed by atoms with E-state index >= 15 is 0 Å². The largest absolute Gasteiger partial charge is 0.357 e. The van der Waals surface area contributed by atoms with Crippen molar-refractivity contribution in [1.82, 2.24) is 19.7 Å². The average Bonchev–Trinajstić information content (AvgIpc) is 2.78. The summed E-state index contributed by atoms with van der Waals surface area (Å²) in [5.74, 6) is -0.0655. The maximum atomic E-state index is 13.7. The SMILES string of the molecule is CNc1ncc(F)c(-c2ccnn2C(C)C)n1. The number of rotatable bonds is 3. The van der Waals surface area contributed by atoms with E-state index in [9.17, 15) is 4.39 Å². The Morgan fingerprint density at radius 1 is 1.41 bits per heavy atom. The monoisotopic (exact) mass is 235 g/mol. The van der Waals surface area contributed by atoms with Crippen LogP contribution in [0.25, 0.3) is 11.4 Å². The van der Waals surface area contributed by atoms with Crippen molar-refractivity contribution in [1.29, 1.82) is 0 Å². The Bertz CT molecular complexity index is 520. The molecule has 0 fully saturated rings. The molecule has 0 spiro atoms. The summed E-state index contributed by atoms with van der Waals surface area (Å²) < 4.78 is 15.4. The van der Waals surface area contributed by atoms with Gasteiger partial charge in [0, 0.05) is 19.3 Å². The summed E-state index contributed by atoms with van der Waals surface area (Å²) in [5, 5.41) is 6.94. The molecule has 0 aliphatic heterocycles. The van der Waals surface area contributed by atoms with Gasteiger partial charge in [-0.3, -0.25) is 4.68 Å². The summed E-state index contributed by atoms with van der Waals surface area (Å²) >= 11 is 0. The summed E-state index contributed by atoms with van der Waals surface area (Å²) in [6.45, 7) is 3.96. The van der Waals surface area contributed by atoms with Crippen LogP contribution in [0.2, 0.25) is 0 Å². The normalized spacial score (nSPS) is 10.9. The minimum atomic E-state index is -0.452. The molecule has 1 N–H and O–H groups in total. The molecule has 0 radical (unpaired) electrons. The Labute approximate surface area is 98.7 Å². The van der Waals surface area contributed by atoms with Crippen LogP contribution in [0, 0.1) is 5.82 Å². The molecule has 90 valence electrons. The van der Waals surface area contributed by atoms with Gasteiger partial charge in [0.1, 0.15) is 5.69 Å². The van der Waals surface area contributed by atoms with E-state index in [1.54, 1.807) is 24.0 Å². The van der Waals surface area contributed by atoms with Crippen LogP contribution >= 0.6 is 0 Å². The first-order valence-corrected chi connectivity index (χ1v) is 5.37.